The van der Waals surface area contributed by atoms with Crippen molar-refractivity contribution < 1.29 is 14.7 Å². The first-order chi connectivity index (χ1) is 12.0. The van der Waals surface area contributed by atoms with E-state index in [-0.39, 0.29) is 23.0 Å². The lowest BCUT2D eigenvalue weighted by Gasteiger charge is -2.12. The number of thioether (sulfide) groups is 1. The number of hydrogen-bond donors (Lipinski definition) is 1. The maximum Gasteiger partial charge on any atom is 0.335 e. The number of aromatic carboxylic acids is 1. The highest BCUT2D eigenvalue weighted by Gasteiger charge is 2.20. The molecule has 1 aromatic heterocycles. The highest BCUT2D eigenvalue weighted by Crippen LogP contribution is 2.21. The molecule has 1 aliphatic heterocycles. The standard InChI is InChI=1S/C15H14N6O3S/c1-9-6-11(7-16-17-9)13(22)8-25-15-18-19-20-21(15)12-4-2-10(3-5-12)14(23)24/h2-6,11H,7-8H2,1H3,(H,23,24). The Morgan fingerprint density at radius 1 is 1.32 bits per heavy atom. The van der Waals surface area contributed by atoms with Crippen LogP contribution in [0.15, 0.2) is 51.4 Å². The number of ketones is 1. The fourth-order valence-electron chi connectivity index (χ4n) is 2.23. The first-order valence-corrected chi connectivity index (χ1v) is 8.36. The summed E-state index contributed by atoms with van der Waals surface area (Å²) in [4.78, 5) is 23.2. The predicted molar refractivity (Wildman–Crippen MR) is 88.8 cm³/mol. The molecule has 128 valence electrons. The molecule has 10 heteroatoms. The van der Waals surface area contributed by atoms with Crippen LogP contribution in [0.1, 0.15) is 17.3 Å². The number of aromatic nitrogens is 4. The molecule has 0 spiro atoms. The van der Waals surface area contributed by atoms with Gasteiger partial charge in [0.1, 0.15) is 0 Å². The number of allylic oxidation sites excluding steroid dienone is 1. The quantitative estimate of drug-likeness (QED) is 0.783. The second-order valence-electron chi connectivity index (χ2n) is 5.32. The van der Waals surface area contributed by atoms with Gasteiger partial charge in [-0.05, 0) is 47.7 Å². The number of rotatable bonds is 6. The number of carbonyl (C=O) groups excluding carboxylic acids is 1. The predicted octanol–water partition coefficient (Wildman–Crippen LogP) is 2.01. The Bertz CT molecular complexity index is 858. The van der Waals surface area contributed by atoms with Gasteiger partial charge in [-0.15, -0.1) is 5.10 Å². The van der Waals surface area contributed by atoms with Crippen LogP contribution in [0, 0.1) is 5.92 Å². The summed E-state index contributed by atoms with van der Waals surface area (Å²) < 4.78 is 1.46. The van der Waals surface area contributed by atoms with E-state index in [1.807, 2.05) is 6.08 Å². The number of azo groups is 1. The molecule has 0 aliphatic carbocycles. The minimum Gasteiger partial charge on any atom is -0.478 e. The number of carbonyl (C=O) groups is 2. The van der Waals surface area contributed by atoms with Gasteiger partial charge in [0.25, 0.3) is 0 Å². The van der Waals surface area contributed by atoms with E-state index in [9.17, 15) is 9.59 Å². The third-order valence-electron chi connectivity index (χ3n) is 3.51. The summed E-state index contributed by atoms with van der Waals surface area (Å²) in [5.74, 6) is -1.04. The smallest absolute Gasteiger partial charge is 0.335 e. The molecule has 9 nitrogen and oxygen atoms in total. The molecule has 0 saturated carbocycles. The Morgan fingerprint density at radius 3 is 2.76 bits per heavy atom. The third-order valence-corrected chi connectivity index (χ3v) is 4.45. The fourth-order valence-corrected chi connectivity index (χ4v) is 3.08. The van der Waals surface area contributed by atoms with Crippen LogP contribution in [0.3, 0.4) is 0 Å². The lowest BCUT2D eigenvalue weighted by atomic mass is 10.0. The van der Waals surface area contributed by atoms with Crippen molar-refractivity contribution in [2.45, 2.75) is 12.1 Å². The summed E-state index contributed by atoms with van der Waals surface area (Å²) in [6.07, 6.45) is 1.81. The summed E-state index contributed by atoms with van der Waals surface area (Å²) in [5.41, 5.74) is 1.53. The van der Waals surface area contributed by atoms with Crippen LogP contribution in [0.4, 0.5) is 0 Å². The molecule has 0 radical (unpaired) electrons. The summed E-state index contributed by atoms with van der Waals surface area (Å²) in [7, 11) is 0. The lowest BCUT2D eigenvalue weighted by molar-refractivity contribution is -0.118. The second kappa shape index (κ2) is 7.34. The Kier molecular flexibility index (Phi) is 4.98. The van der Waals surface area contributed by atoms with Gasteiger partial charge < -0.3 is 5.11 Å². The van der Waals surface area contributed by atoms with Crippen LogP contribution in [0.25, 0.3) is 5.69 Å². The van der Waals surface area contributed by atoms with E-state index >= 15 is 0 Å². The second-order valence-corrected chi connectivity index (χ2v) is 6.26. The number of tetrazole rings is 1. The van der Waals surface area contributed by atoms with Crippen LogP contribution < -0.4 is 0 Å². The number of nitrogens with zero attached hydrogens (tertiary/aromatic N) is 6. The fraction of sp³-hybridized carbons (Fsp3) is 0.267. The maximum atomic E-state index is 12.3. The van der Waals surface area contributed by atoms with Gasteiger partial charge in [0.05, 0.1) is 35.2 Å². The van der Waals surface area contributed by atoms with E-state index in [0.717, 1.165) is 5.70 Å². The van der Waals surface area contributed by atoms with Gasteiger partial charge >= 0.3 is 5.97 Å². The topological polar surface area (TPSA) is 123 Å². The molecule has 1 atom stereocenters. The maximum absolute atomic E-state index is 12.3. The molecule has 0 saturated heterocycles. The van der Waals surface area contributed by atoms with E-state index in [1.54, 1.807) is 19.1 Å². The molecule has 2 aromatic rings. The van der Waals surface area contributed by atoms with Crippen molar-refractivity contribution in [1.29, 1.82) is 0 Å². The molecule has 2 heterocycles. The van der Waals surface area contributed by atoms with Crippen molar-refractivity contribution in [2.75, 3.05) is 12.3 Å². The Labute approximate surface area is 146 Å². The van der Waals surface area contributed by atoms with Gasteiger partial charge in [-0.1, -0.05) is 11.8 Å². The van der Waals surface area contributed by atoms with Gasteiger partial charge in [-0.25, -0.2) is 4.79 Å². The number of carboxylic acids is 1. The largest absolute Gasteiger partial charge is 0.478 e. The number of benzene rings is 1. The zero-order valence-corrected chi connectivity index (χ0v) is 14.1. The number of carboxylic acid groups (broad SMARTS) is 1. The van der Waals surface area contributed by atoms with Crippen molar-refractivity contribution in [3.05, 3.63) is 41.6 Å². The lowest BCUT2D eigenvalue weighted by Crippen LogP contribution is -2.19. The molecule has 0 fully saturated rings. The zero-order valence-electron chi connectivity index (χ0n) is 13.2. The molecule has 1 unspecified atom stereocenters. The SMILES string of the molecule is CC1=CC(C(=O)CSc2nnnn2-c2ccc(C(=O)O)cc2)CN=N1. The molecule has 3 rings (SSSR count). The van der Waals surface area contributed by atoms with Crippen LogP contribution >= 0.6 is 11.8 Å². The van der Waals surface area contributed by atoms with E-state index in [2.05, 4.69) is 25.8 Å². The van der Waals surface area contributed by atoms with E-state index in [0.29, 0.717) is 17.4 Å². The number of Topliss-reactive ketones (excluding diaryl/α,β-unsaturated/α-hetero) is 1. The Morgan fingerprint density at radius 2 is 2.08 bits per heavy atom. The van der Waals surface area contributed by atoms with Crippen molar-refractivity contribution in [3.8, 4) is 5.69 Å². The molecule has 1 aliphatic rings. The zero-order chi connectivity index (χ0) is 17.8. The van der Waals surface area contributed by atoms with Crippen molar-refractivity contribution in [2.24, 2.45) is 16.1 Å². The van der Waals surface area contributed by atoms with E-state index < -0.39 is 5.97 Å². The summed E-state index contributed by atoms with van der Waals surface area (Å²) in [6.45, 7) is 2.16. The summed E-state index contributed by atoms with van der Waals surface area (Å²) in [6, 6.07) is 6.16. The van der Waals surface area contributed by atoms with Crippen LogP contribution in [-0.4, -0.2) is 49.4 Å². The van der Waals surface area contributed by atoms with Crippen LogP contribution in [-0.2, 0) is 4.79 Å². The molecule has 0 bridgehead atoms. The average Bonchev–Trinajstić information content (AvgIpc) is 3.08. The molecular weight excluding hydrogens is 344 g/mol. The van der Waals surface area contributed by atoms with Crippen molar-refractivity contribution in [1.82, 2.24) is 20.2 Å². The van der Waals surface area contributed by atoms with Crippen LogP contribution in [0.2, 0.25) is 0 Å². The highest BCUT2D eigenvalue weighted by atomic mass is 32.2. The van der Waals surface area contributed by atoms with Crippen LogP contribution in [0.5, 0.6) is 0 Å². The van der Waals surface area contributed by atoms with Gasteiger partial charge in [0.2, 0.25) is 5.16 Å². The van der Waals surface area contributed by atoms with Gasteiger partial charge in [0, 0.05) is 0 Å². The molecular formula is C15H14N6O3S. The normalized spacial score (nSPS) is 16.5. The van der Waals surface area contributed by atoms with E-state index in [1.165, 1.54) is 28.6 Å². The molecule has 0 amide bonds. The Balaban J connectivity index is 1.69. The first kappa shape index (κ1) is 17.0. The van der Waals surface area contributed by atoms with E-state index in [4.69, 9.17) is 5.11 Å². The average molecular weight is 358 g/mol. The third kappa shape index (κ3) is 3.97. The monoisotopic (exact) mass is 358 g/mol. The van der Waals surface area contributed by atoms with Gasteiger partial charge in [0.15, 0.2) is 5.78 Å². The summed E-state index contributed by atoms with van der Waals surface area (Å²) >= 11 is 1.22. The Hall–Kier alpha value is -2.88. The summed E-state index contributed by atoms with van der Waals surface area (Å²) in [5, 5.41) is 28.7. The molecule has 1 aromatic carbocycles. The van der Waals surface area contributed by atoms with Crippen molar-refractivity contribution >= 4 is 23.5 Å². The van der Waals surface area contributed by atoms with Gasteiger partial charge in [-0.3, -0.25) is 4.79 Å². The minimum absolute atomic E-state index is 0.0266. The molecule has 1 N–H and O–H groups in total. The highest BCUT2D eigenvalue weighted by molar-refractivity contribution is 7.99. The minimum atomic E-state index is -1.00. The van der Waals surface area contributed by atoms with Crippen molar-refractivity contribution in [3.63, 3.8) is 0 Å². The molecule has 25 heavy (non-hydrogen) atoms. The first-order valence-electron chi connectivity index (χ1n) is 7.38. The van der Waals surface area contributed by atoms with Gasteiger partial charge in [-0.2, -0.15) is 14.9 Å². The number of hydrogen-bond acceptors (Lipinski definition) is 8.